The van der Waals surface area contributed by atoms with Gasteiger partial charge in [0.2, 0.25) is 0 Å². The second-order valence-electron chi connectivity index (χ2n) is 9.98. The van der Waals surface area contributed by atoms with Crippen molar-refractivity contribution >= 4 is 22.5 Å². The number of fused-ring (bicyclic) bond motifs is 1. The van der Waals surface area contributed by atoms with E-state index >= 15 is 0 Å². The molecule has 1 unspecified atom stereocenters. The lowest BCUT2D eigenvalue weighted by Crippen LogP contribution is -2.35. The minimum absolute atomic E-state index is 0.237. The van der Waals surface area contributed by atoms with E-state index in [4.69, 9.17) is 20.8 Å². The quantitative estimate of drug-likeness (QED) is 0.206. The number of aromatic nitrogens is 5. The lowest BCUT2D eigenvalue weighted by atomic mass is 10.0. The topological polar surface area (TPSA) is 102 Å². The molecule has 0 radical (unpaired) electrons. The van der Waals surface area contributed by atoms with Gasteiger partial charge in [-0.2, -0.15) is 0 Å². The zero-order chi connectivity index (χ0) is 28.9. The van der Waals surface area contributed by atoms with E-state index in [2.05, 4.69) is 37.5 Å². The number of nitrogens with zero attached hydrogens (tertiary/aromatic N) is 5. The number of nitrogens with one attached hydrogen (secondary N) is 1. The van der Waals surface area contributed by atoms with Crippen molar-refractivity contribution in [3.05, 3.63) is 141 Å². The first kappa shape index (κ1) is 27.4. The van der Waals surface area contributed by atoms with E-state index in [-0.39, 0.29) is 5.56 Å². The van der Waals surface area contributed by atoms with Crippen LogP contribution in [0.5, 0.6) is 5.75 Å². The average molecular weight is 581 g/mol. The lowest BCUT2D eigenvalue weighted by Gasteiger charge is -2.30. The first-order valence-corrected chi connectivity index (χ1v) is 14.0. The standard InChI is InChI=1S/C32H29ClN6O3/c1-41-25-13-14-29-24(18-25)19-27(32(40)34-29)30(31-35-36-37-39(31)16-15-22-8-3-2-4-9-22)38(21-26-11-7-17-42-26)20-23-10-5-6-12-28(23)33/h2-14,17-19,30H,15-16,20-21H2,1H3,(H,34,40). The number of hydrogen-bond acceptors (Lipinski definition) is 7. The molecule has 3 aromatic heterocycles. The number of aromatic amines is 1. The predicted molar refractivity (Wildman–Crippen MR) is 160 cm³/mol. The molecule has 0 aliphatic rings. The summed E-state index contributed by atoms with van der Waals surface area (Å²) in [7, 11) is 1.62. The van der Waals surface area contributed by atoms with Crippen LogP contribution in [-0.2, 0) is 26.1 Å². The predicted octanol–water partition coefficient (Wildman–Crippen LogP) is 5.80. The summed E-state index contributed by atoms with van der Waals surface area (Å²) in [6.07, 6.45) is 2.36. The van der Waals surface area contributed by atoms with E-state index in [1.54, 1.807) is 18.1 Å². The van der Waals surface area contributed by atoms with Crippen LogP contribution in [0.2, 0.25) is 5.02 Å². The number of aryl methyl sites for hydroxylation is 2. The molecule has 42 heavy (non-hydrogen) atoms. The number of furan rings is 1. The van der Waals surface area contributed by atoms with Crippen molar-refractivity contribution in [2.24, 2.45) is 0 Å². The van der Waals surface area contributed by atoms with Gasteiger partial charge < -0.3 is 14.1 Å². The fourth-order valence-electron chi connectivity index (χ4n) is 5.16. The van der Waals surface area contributed by atoms with Gasteiger partial charge in [0, 0.05) is 34.6 Å². The molecule has 6 aromatic rings. The zero-order valence-corrected chi connectivity index (χ0v) is 23.7. The van der Waals surface area contributed by atoms with Gasteiger partial charge in [0.15, 0.2) is 5.82 Å². The van der Waals surface area contributed by atoms with Gasteiger partial charge in [-0.05, 0) is 70.4 Å². The monoisotopic (exact) mass is 580 g/mol. The van der Waals surface area contributed by atoms with E-state index in [9.17, 15) is 4.79 Å². The minimum atomic E-state index is -0.642. The molecular formula is C32H29ClN6O3. The van der Waals surface area contributed by atoms with Crippen molar-refractivity contribution in [1.29, 1.82) is 0 Å². The third-order valence-corrected chi connectivity index (χ3v) is 7.64. The van der Waals surface area contributed by atoms with Crippen molar-refractivity contribution in [2.45, 2.75) is 32.1 Å². The highest BCUT2D eigenvalue weighted by Crippen LogP contribution is 2.32. The second kappa shape index (κ2) is 12.4. The van der Waals surface area contributed by atoms with Crippen LogP contribution < -0.4 is 10.3 Å². The summed E-state index contributed by atoms with van der Waals surface area (Å²) in [5.74, 6) is 1.96. The Morgan fingerprint density at radius 1 is 1.00 bits per heavy atom. The molecule has 0 saturated carbocycles. The van der Waals surface area contributed by atoms with Crippen LogP contribution in [0.4, 0.5) is 0 Å². The molecule has 3 heterocycles. The summed E-state index contributed by atoms with van der Waals surface area (Å²) in [5, 5.41) is 14.4. The molecule has 0 spiro atoms. The molecule has 3 aromatic carbocycles. The number of pyridine rings is 1. The summed E-state index contributed by atoms with van der Waals surface area (Å²) in [5.41, 5.74) is 3.02. The van der Waals surface area contributed by atoms with E-state index in [1.165, 1.54) is 0 Å². The summed E-state index contributed by atoms with van der Waals surface area (Å²) >= 11 is 6.64. The Balaban J connectivity index is 1.50. The number of rotatable bonds is 11. The molecule has 0 amide bonds. The molecule has 0 bridgehead atoms. The number of benzene rings is 3. The summed E-state index contributed by atoms with van der Waals surface area (Å²) < 4.78 is 13.0. The van der Waals surface area contributed by atoms with Crippen LogP contribution in [0.3, 0.4) is 0 Å². The van der Waals surface area contributed by atoms with Gasteiger partial charge in [-0.15, -0.1) is 5.10 Å². The number of ether oxygens (including phenoxy) is 1. The highest BCUT2D eigenvalue weighted by Gasteiger charge is 2.32. The maximum absolute atomic E-state index is 13.8. The Kier molecular flexibility index (Phi) is 8.12. The zero-order valence-electron chi connectivity index (χ0n) is 23.0. The van der Waals surface area contributed by atoms with Crippen molar-refractivity contribution in [2.75, 3.05) is 7.11 Å². The van der Waals surface area contributed by atoms with E-state index in [0.29, 0.717) is 47.3 Å². The molecule has 1 N–H and O–H groups in total. The third-order valence-electron chi connectivity index (χ3n) is 7.27. The molecule has 9 nitrogen and oxygen atoms in total. The normalized spacial score (nSPS) is 12.2. The Labute approximate surface area is 247 Å². The molecule has 1 atom stereocenters. The van der Waals surface area contributed by atoms with Crippen LogP contribution in [0.15, 0.2) is 106 Å². The minimum Gasteiger partial charge on any atom is -0.497 e. The van der Waals surface area contributed by atoms with Crippen molar-refractivity contribution in [3.63, 3.8) is 0 Å². The van der Waals surface area contributed by atoms with E-state index in [1.807, 2.05) is 78.9 Å². The van der Waals surface area contributed by atoms with Gasteiger partial charge in [0.1, 0.15) is 17.6 Å². The van der Waals surface area contributed by atoms with Crippen LogP contribution in [0.1, 0.15) is 34.3 Å². The summed E-state index contributed by atoms with van der Waals surface area (Å²) in [6, 6.07) is 28.4. The third kappa shape index (κ3) is 5.97. The van der Waals surface area contributed by atoms with E-state index in [0.717, 1.165) is 28.7 Å². The molecule has 0 aliphatic carbocycles. The number of H-pyrrole nitrogens is 1. The largest absolute Gasteiger partial charge is 0.497 e. The molecule has 0 saturated heterocycles. The van der Waals surface area contributed by atoms with Gasteiger partial charge in [-0.25, -0.2) is 4.68 Å². The Bertz CT molecular complexity index is 1830. The number of tetrazole rings is 1. The number of hydrogen-bond donors (Lipinski definition) is 1. The van der Waals surface area contributed by atoms with Crippen molar-refractivity contribution < 1.29 is 9.15 Å². The van der Waals surface area contributed by atoms with Crippen molar-refractivity contribution in [1.82, 2.24) is 30.1 Å². The van der Waals surface area contributed by atoms with Gasteiger partial charge in [-0.1, -0.05) is 60.1 Å². The molecular weight excluding hydrogens is 552 g/mol. The lowest BCUT2D eigenvalue weighted by molar-refractivity contribution is 0.179. The van der Waals surface area contributed by atoms with Crippen LogP contribution in [0.25, 0.3) is 10.9 Å². The fourth-order valence-corrected chi connectivity index (χ4v) is 5.36. The fraction of sp³-hybridized carbons (Fsp3) is 0.188. The summed E-state index contributed by atoms with van der Waals surface area (Å²) in [4.78, 5) is 19.0. The highest BCUT2D eigenvalue weighted by molar-refractivity contribution is 6.31. The van der Waals surface area contributed by atoms with Gasteiger partial charge in [0.05, 0.1) is 19.9 Å². The number of halogens is 1. The van der Waals surface area contributed by atoms with Crippen LogP contribution in [-0.4, -0.2) is 37.2 Å². The maximum atomic E-state index is 13.8. The molecule has 0 fully saturated rings. The van der Waals surface area contributed by atoms with Gasteiger partial charge in [0.25, 0.3) is 5.56 Å². The second-order valence-corrected chi connectivity index (χ2v) is 10.4. The molecule has 6 rings (SSSR count). The molecule has 212 valence electrons. The smallest absolute Gasteiger partial charge is 0.253 e. The van der Waals surface area contributed by atoms with Gasteiger partial charge >= 0.3 is 0 Å². The Hall–Kier alpha value is -4.73. The van der Waals surface area contributed by atoms with Crippen LogP contribution >= 0.6 is 11.6 Å². The number of methoxy groups -OCH3 is 1. The van der Waals surface area contributed by atoms with Gasteiger partial charge in [-0.3, -0.25) is 9.69 Å². The summed E-state index contributed by atoms with van der Waals surface area (Å²) in [6.45, 7) is 1.32. The maximum Gasteiger partial charge on any atom is 0.253 e. The molecule has 10 heteroatoms. The molecule has 0 aliphatic heterocycles. The average Bonchev–Trinajstić information content (AvgIpc) is 3.70. The first-order valence-electron chi connectivity index (χ1n) is 13.6. The van der Waals surface area contributed by atoms with Crippen molar-refractivity contribution in [3.8, 4) is 5.75 Å². The highest BCUT2D eigenvalue weighted by atomic mass is 35.5. The SMILES string of the molecule is COc1ccc2[nH]c(=O)c(C(c3nnnn3CCc3ccccc3)N(Cc3ccco3)Cc3ccccc3Cl)cc2c1. The first-order chi connectivity index (χ1) is 20.6. The Morgan fingerprint density at radius 3 is 2.62 bits per heavy atom. The Morgan fingerprint density at radius 2 is 1.83 bits per heavy atom. The van der Waals surface area contributed by atoms with E-state index < -0.39 is 6.04 Å². The van der Waals surface area contributed by atoms with Crippen LogP contribution in [0, 0.1) is 0 Å².